The minimum Gasteiger partial charge on any atom is -0.504 e. The smallest absolute Gasteiger partial charge is 0.338 e. The van der Waals surface area contributed by atoms with Crippen molar-refractivity contribution in [3.05, 3.63) is 82.9 Å². The maximum Gasteiger partial charge on any atom is 0.338 e. The molecule has 57 heavy (non-hydrogen) atoms. The number of phenolic OH excluding ortho intramolecular Hbond substituents is 11. The van der Waals surface area contributed by atoms with E-state index in [-0.39, 0.29) is 5.56 Å². The van der Waals surface area contributed by atoms with Gasteiger partial charge in [0.25, 0.3) is 0 Å². The van der Waals surface area contributed by atoms with Gasteiger partial charge in [0.15, 0.2) is 81.6 Å². The van der Waals surface area contributed by atoms with E-state index in [1.165, 1.54) is 6.07 Å². The zero-order valence-electron chi connectivity index (χ0n) is 28.5. The Labute approximate surface area is 317 Å². The molecule has 1 heterocycles. The van der Waals surface area contributed by atoms with Gasteiger partial charge in [-0.1, -0.05) is 6.07 Å². The van der Waals surface area contributed by atoms with E-state index >= 15 is 0 Å². The van der Waals surface area contributed by atoms with Crippen LogP contribution in [0.25, 0.3) is 6.08 Å². The Balaban J connectivity index is 1.52. The lowest BCUT2D eigenvalue weighted by atomic mass is 9.98. The number of carbonyl (C=O) groups is 4. The molecule has 0 amide bonds. The van der Waals surface area contributed by atoms with Gasteiger partial charge in [0.2, 0.25) is 6.29 Å². The monoisotopic (exact) mass is 798 g/mol. The molecule has 0 saturated carbocycles. The van der Waals surface area contributed by atoms with E-state index in [1.807, 2.05) is 0 Å². The molecule has 0 bridgehead atoms. The Bertz CT molecular complexity index is 2200. The second-order valence-corrected chi connectivity index (χ2v) is 12.0. The largest absolute Gasteiger partial charge is 0.504 e. The van der Waals surface area contributed by atoms with Crippen LogP contribution in [-0.4, -0.2) is 122 Å². The second kappa shape index (κ2) is 16.3. The van der Waals surface area contributed by atoms with Gasteiger partial charge in [0.05, 0.1) is 16.7 Å². The van der Waals surface area contributed by atoms with E-state index in [0.29, 0.717) is 36.4 Å². The molecule has 0 unspecified atom stereocenters. The van der Waals surface area contributed by atoms with E-state index in [0.717, 1.165) is 24.3 Å². The molecule has 0 spiro atoms. The Morgan fingerprint density at radius 1 is 0.544 bits per heavy atom. The molecular formula is C36H30O21. The molecule has 1 saturated heterocycles. The van der Waals surface area contributed by atoms with E-state index in [1.54, 1.807) is 0 Å². The number of carbonyl (C=O) groups excluding carboxylic acids is 4. The number of esters is 4. The summed E-state index contributed by atoms with van der Waals surface area (Å²) in [6.45, 7) is -1.05. The minimum absolute atomic E-state index is 0.175. The molecule has 0 radical (unpaired) electrons. The Morgan fingerprint density at radius 3 is 1.44 bits per heavy atom. The summed E-state index contributed by atoms with van der Waals surface area (Å²) in [5.74, 6) is -15.4. The molecule has 4 aromatic rings. The van der Waals surface area contributed by atoms with Crippen molar-refractivity contribution >= 4 is 30.0 Å². The number of benzene rings is 4. The number of rotatable bonds is 10. The van der Waals surface area contributed by atoms with Crippen molar-refractivity contribution in [3.8, 4) is 63.2 Å². The molecule has 0 aromatic heterocycles. The fourth-order valence-corrected chi connectivity index (χ4v) is 5.16. The highest BCUT2D eigenvalue weighted by atomic mass is 16.7. The topological polar surface area (TPSA) is 357 Å². The average Bonchev–Trinajstić information content (AvgIpc) is 3.16. The van der Waals surface area contributed by atoms with Crippen LogP contribution < -0.4 is 0 Å². The summed E-state index contributed by atoms with van der Waals surface area (Å²) < 4.78 is 26.9. The third kappa shape index (κ3) is 8.96. The molecule has 21 nitrogen and oxygen atoms in total. The van der Waals surface area contributed by atoms with Crippen molar-refractivity contribution in [2.45, 2.75) is 30.7 Å². The van der Waals surface area contributed by atoms with E-state index < -0.39 is 141 Å². The molecule has 1 fully saturated rings. The lowest BCUT2D eigenvalue weighted by Gasteiger charge is -2.42. The van der Waals surface area contributed by atoms with Crippen molar-refractivity contribution in [2.75, 3.05) is 6.61 Å². The molecule has 1 aliphatic heterocycles. The van der Waals surface area contributed by atoms with Crippen LogP contribution in [-0.2, 0) is 28.5 Å². The molecule has 5 rings (SSSR count). The Hall–Kier alpha value is -7.78. The Morgan fingerprint density at radius 2 is 0.982 bits per heavy atom. The molecule has 4 aromatic carbocycles. The first-order valence-corrected chi connectivity index (χ1v) is 15.9. The van der Waals surface area contributed by atoms with Crippen LogP contribution in [0.1, 0.15) is 36.6 Å². The predicted molar refractivity (Wildman–Crippen MR) is 183 cm³/mol. The van der Waals surface area contributed by atoms with E-state index in [2.05, 4.69) is 0 Å². The van der Waals surface area contributed by atoms with Crippen molar-refractivity contribution < 1.29 is 104 Å². The van der Waals surface area contributed by atoms with Crippen LogP contribution in [0.15, 0.2) is 60.7 Å². The van der Waals surface area contributed by atoms with Gasteiger partial charge in [0, 0.05) is 6.08 Å². The van der Waals surface area contributed by atoms with Gasteiger partial charge in [-0.15, -0.1) is 0 Å². The number of phenols is 11. The molecule has 1 aliphatic rings. The number of hydrogen-bond donors (Lipinski definition) is 12. The number of hydrogen-bond acceptors (Lipinski definition) is 21. The maximum absolute atomic E-state index is 13.4. The summed E-state index contributed by atoms with van der Waals surface area (Å²) in [6.07, 6.45) is -8.87. The van der Waals surface area contributed by atoms with Crippen molar-refractivity contribution in [3.63, 3.8) is 0 Å². The van der Waals surface area contributed by atoms with Gasteiger partial charge in [-0.05, 0) is 60.2 Å². The minimum atomic E-state index is -2.32. The third-order valence-corrected chi connectivity index (χ3v) is 8.04. The summed E-state index contributed by atoms with van der Waals surface area (Å²) in [4.78, 5) is 52.7. The number of ether oxygens (including phenoxy) is 5. The normalized spacial score (nSPS) is 19.1. The van der Waals surface area contributed by atoms with Gasteiger partial charge in [0.1, 0.15) is 12.7 Å². The summed E-state index contributed by atoms with van der Waals surface area (Å²) in [6, 6.07) is 7.43. The summed E-state index contributed by atoms with van der Waals surface area (Å²) in [5.41, 5.74) is -1.69. The van der Waals surface area contributed by atoms with Gasteiger partial charge in [-0.25, -0.2) is 19.2 Å². The van der Waals surface area contributed by atoms with Crippen LogP contribution in [0.5, 0.6) is 63.2 Å². The standard InChI is InChI=1S/C36H30O21/c37-17-3-1-13(5-18(17)38)2-4-26(45)55-36-30(49)32(57-35(52)16-10-23(43)29(48)24(44)11-16)31(56-34(51)15-8-21(41)28(47)22(42)9-15)25(54-36)12-53-33(50)14-6-19(39)27(46)20(40)7-14/h1-11,25,30-32,36-44,46-49H,12H2/t25-,30-,31-,32-,36+/m1/s1. The fourth-order valence-electron chi connectivity index (χ4n) is 5.16. The molecular weight excluding hydrogens is 768 g/mol. The third-order valence-electron chi connectivity index (χ3n) is 8.04. The van der Waals surface area contributed by atoms with Crippen LogP contribution in [0, 0.1) is 0 Å². The summed E-state index contributed by atoms with van der Waals surface area (Å²) >= 11 is 0. The average molecular weight is 799 g/mol. The SMILES string of the molecule is O=C(C=Cc1ccc(O)c(O)c1)O[C@@H]1O[C@H](COC(=O)c2cc(O)c(O)c(O)c2)[C@@H](OC(=O)c2cc(O)c(O)c(O)c2)[C@H](OC(=O)c2cc(O)c(O)c(O)c2)[C@H]1O. The second-order valence-electron chi connectivity index (χ2n) is 12.0. The van der Waals surface area contributed by atoms with Gasteiger partial charge in [-0.2, -0.15) is 0 Å². The maximum atomic E-state index is 13.4. The van der Waals surface area contributed by atoms with Crippen LogP contribution in [0.2, 0.25) is 0 Å². The van der Waals surface area contributed by atoms with Gasteiger partial charge < -0.3 is 85.0 Å². The van der Waals surface area contributed by atoms with Gasteiger partial charge >= 0.3 is 23.9 Å². The lowest BCUT2D eigenvalue weighted by Crippen LogP contribution is -2.62. The predicted octanol–water partition coefficient (Wildman–Crippen LogP) is 1.40. The van der Waals surface area contributed by atoms with Crippen LogP contribution in [0.3, 0.4) is 0 Å². The summed E-state index contributed by atoms with van der Waals surface area (Å²) in [7, 11) is 0. The first-order chi connectivity index (χ1) is 26.8. The van der Waals surface area contributed by atoms with Crippen molar-refractivity contribution in [1.29, 1.82) is 0 Å². The molecule has 0 aliphatic carbocycles. The Kier molecular flexibility index (Phi) is 11.6. The molecule has 21 heteroatoms. The summed E-state index contributed by atoms with van der Waals surface area (Å²) in [5, 5.41) is 119. The fraction of sp³-hybridized carbons (Fsp3) is 0.167. The number of aliphatic hydroxyl groups is 1. The van der Waals surface area contributed by atoms with Crippen LogP contribution >= 0.6 is 0 Å². The van der Waals surface area contributed by atoms with E-state index in [4.69, 9.17) is 23.7 Å². The first-order valence-electron chi connectivity index (χ1n) is 15.9. The van der Waals surface area contributed by atoms with Crippen molar-refractivity contribution in [1.82, 2.24) is 0 Å². The number of aromatic hydroxyl groups is 11. The first kappa shape index (κ1) is 40.4. The molecule has 12 N–H and O–H groups in total. The molecule has 300 valence electrons. The molecule has 5 atom stereocenters. The highest BCUT2D eigenvalue weighted by Gasteiger charge is 2.52. The van der Waals surface area contributed by atoms with Crippen molar-refractivity contribution in [2.24, 2.45) is 0 Å². The van der Waals surface area contributed by atoms with Gasteiger partial charge in [-0.3, -0.25) is 0 Å². The zero-order chi connectivity index (χ0) is 41.9. The quantitative estimate of drug-likeness (QED) is 0.0467. The van der Waals surface area contributed by atoms with E-state index in [9.17, 15) is 80.5 Å². The zero-order valence-corrected chi connectivity index (χ0v) is 28.5. The highest BCUT2D eigenvalue weighted by Crippen LogP contribution is 2.39. The highest BCUT2D eigenvalue weighted by molar-refractivity contribution is 5.93. The number of aliphatic hydroxyl groups excluding tert-OH is 1. The van der Waals surface area contributed by atoms with Crippen LogP contribution in [0.4, 0.5) is 0 Å². The lowest BCUT2D eigenvalue weighted by molar-refractivity contribution is -0.289.